The van der Waals surface area contributed by atoms with Crippen molar-refractivity contribution in [3.8, 4) is 0 Å². The molecule has 0 unspecified atom stereocenters. The molecule has 0 aliphatic carbocycles. The van der Waals surface area contributed by atoms with E-state index in [-0.39, 0.29) is 16.5 Å². The quantitative estimate of drug-likeness (QED) is 0.813. The number of fused-ring (bicyclic) bond motifs is 1. The molecule has 0 aromatic carbocycles. The van der Waals surface area contributed by atoms with E-state index in [1.165, 1.54) is 12.8 Å². The predicted molar refractivity (Wildman–Crippen MR) is 84.3 cm³/mol. The summed E-state index contributed by atoms with van der Waals surface area (Å²) >= 11 is 0. The first kappa shape index (κ1) is 15.7. The van der Waals surface area contributed by atoms with Gasteiger partial charge in [0.25, 0.3) is 0 Å². The maximum Gasteiger partial charge on any atom is 0.0513 e. The van der Waals surface area contributed by atoms with E-state index in [4.69, 9.17) is 4.74 Å². The number of likely N-dealkylation sites (tertiary alicyclic amines) is 1. The van der Waals surface area contributed by atoms with Crippen LogP contribution in [-0.2, 0) is 4.74 Å². The molecular weight excluding hydrogens is 264 g/mol. The van der Waals surface area contributed by atoms with E-state index in [9.17, 15) is 5.11 Å². The maximum atomic E-state index is 9.98. The van der Waals surface area contributed by atoms with Crippen molar-refractivity contribution in [2.45, 2.75) is 64.1 Å². The fourth-order valence-corrected chi connectivity index (χ4v) is 5.15. The van der Waals surface area contributed by atoms with Crippen molar-refractivity contribution < 1.29 is 9.84 Å². The number of hydrogen-bond acceptors (Lipinski definition) is 4. The first-order valence-corrected chi connectivity index (χ1v) is 8.47. The molecule has 3 heterocycles. The summed E-state index contributed by atoms with van der Waals surface area (Å²) in [4.78, 5) is 2.65. The molecule has 0 amide bonds. The second-order valence-corrected chi connectivity index (χ2v) is 8.93. The zero-order chi connectivity index (χ0) is 15.3. The largest absolute Gasteiger partial charge is 0.396 e. The summed E-state index contributed by atoms with van der Waals surface area (Å²) < 4.78 is 5.68. The zero-order valence-electron chi connectivity index (χ0n) is 14.1. The number of nitrogens with one attached hydrogen (secondary N) is 1. The van der Waals surface area contributed by atoms with Crippen molar-refractivity contribution in [3.63, 3.8) is 0 Å². The molecular formula is C17H32N2O2. The van der Waals surface area contributed by atoms with Crippen LogP contribution in [0.5, 0.6) is 0 Å². The summed E-state index contributed by atoms with van der Waals surface area (Å²) in [6.07, 6.45) is 3.39. The number of piperidine rings is 1. The Morgan fingerprint density at radius 1 is 1.19 bits per heavy atom. The molecule has 3 rings (SSSR count). The van der Waals surface area contributed by atoms with Gasteiger partial charge in [0.2, 0.25) is 0 Å². The van der Waals surface area contributed by atoms with Crippen molar-refractivity contribution in [2.24, 2.45) is 11.3 Å². The maximum absolute atomic E-state index is 9.98. The zero-order valence-corrected chi connectivity index (χ0v) is 14.1. The van der Waals surface area contributed by atoms with Crippen molar-refractivity contribution in [1.82, 2.24) is 10.2 Å². The Morgan fingerprint density at radius 2 is 1.86 bits per heavy atom. The Bertz CT molecular complexity index is 380. The van der Waals surface area contributed by atoms with Crippen LogP contribution >= 0.6 is 0 Å². The van der Waals surface area contributed by atoms with E-state index in [0.717, 1.165) is 32.7 Å². The molecule has 3 aliphatic rings. The summed E-state index contributed by atoms with van der Waals surface area (Å²) in [5.41, 5.74) is 0.462. The van der Waals surface area contributed by atoms with Gasteiger partial charge in [0.05, 0.1) is 13.2 Å². The molecule has 3 fully saturated rings. The van der Waals surface area contributed by atoms with E-state index in [2.05, 4.69) is 37.9 Å². The Labute approximate surface area is 129 Å². The van der Waals surface area contributed by atoms with Gasteiger partial charge in [0, 0.05) is 48.1 Å². The van der Waals surface area contributed by atoms with Crippen LogP contribution in [0, 0.1) is 11.3 Å². The lowest BCUT2D eigenvalue weighted by molar-refractivity contribution is -0.0421. The van der Waals surface area contributed by atoms with Gasteiger partial charge in [-0.1, -0.05) is 0 Å². The molecule has 0 spiro atoms. The minimum absolute atomic E-state index is 0.0947. The van der Waals surface area contributed by atoms with Gasteiger partial charge < -0.3 is 15.2 Å². The highest BCUT2D eigenvalue weighted by atomic mass is 16.5. The first-order valence-electron chi connectivity index (χ1n) is 8.47. The van der Waals surface area contributed by atoms with Crippen molar-refractivity contribution in [3.05, 3.63) is 0 Å². The topological polar surface area (TPSA) is 44.7 Å². The van der Waals surface area contributed by atoms with Crippen LogP contribution in [-0.4, -0.2) is 60.0 Å². The van der Waals surface area contributed by atoms with Crippen LogP contribution in [0.15, 0.2) is 0 Å². The number of hydrogen-bond donors (Lipinski definition) is 2. The number of nitrogens with zero attached hydrogens (tertiary/aromatic N) is 1. The molecule has 122 valence electrons. The summed E-state index contributed by atoms with van der Waals surface area (Å²) in [5, 5.41) is 13.7. The monoisotopic (exact) mass is 296 g/mol. The van der Waals surface area contributed by atoms with Gasteiger partial charge in [-0.3, -0.25) is 4.90 Å². The van der Waals surface area contributed by atoms with Crippen LogP contribution in [0.4, 0.5) is 0 Å². The Kier molecular flexibility index (Phi) is 3.89. The third-order valence-corrected chi connectivity index (χ3v) is 5.90. The van der Waals surface area contributed by atoms with Gasteiger partial charge in [-0.05, 0) is 47.0 Å². The Balaban J connectivity index is 1.76. The van der Waals surface area contributed by atoms with Gasteiger partial charge >= 0.3 is 0 Å². The van der Waals surface area contributed by atoms with E-state index in [1.54, 1.807) is 0 Å². The molecule has 0 saturated carbocycles. The normalized spacial score (nSPS) is 40.1. The smallest absolute Gasteiger partial charge is 0.0513 e. The number of aliphatic hydroxyl groups excluding tert-OH is 1. The third kappa shape index (κ3) is 3.00. The van der Waals surface area contributed by atoms with Crippen LogP contribution in [0.2, 0.25) is 0 Å². The molecule has 0 aromatic rings. The third-order valence-electron chi connectivity index (χ3n) is 5.90. The molecule has 21 heavy (non-hydrogen) atoms. The fraction of sp³-hybridized carbons (Fsp3) is 1.00. The van der Waals surface area contributed by atoms with Gasteiger partial charge in [-0.15, -0.1) is 0 Å². The SMILES string of the molecule is CC1(C)CC(N2C[C@@H]3COCC[C@]3(CO)C2)CC(C)(C)N1. The summed E-state index contributed by atoms with van der Waals surface area (Å²) in [6, 6.07) is 0.616. The summed E-state index contributed by atoms with van der Waals surface area (Å²) in [6.45, 7) is 13.4. The van der Waals surface area contributed by atoms with Crippen LogP contribution in [0.1, 0.15) is 47.0 Å². The molecule has 2 N–H and O–H groups in total. The van der Waals surface area contributed by atoms with E-state index in [0.29, 0.717) is 18.6 Å². The van der Waals surface area contributed by atoms with E-state index in [1.807, 2.05) is 0 Å². The second kappa shape index (κ2) is 5.19. The minimum Gasteiger partial charge on any atom is -0.396 e. The lowest BCUT2D eigenvalue weighted by atomic mass is 9.75. The molecule has 4 nitrogen and oxygen atoms in total. The standard InChI is InChI=1S/C17H32N2O2/c1-15(2)7-14(8-16(3,4)18-15)19-9-13-10-21-6-5-17(13,11-19)12-20/h13-14,18,20H,5-12H2,1-4H3/t13-,17-/m1/s1. The molecule has 3 saturated heterocycles. The Hall–Kier alpha value is -0.160. The van der Waals surface area contributed by atoms with Gasteiger partial charge in [-0.25, -0.2) is 0 Å². The van der Waals surface area contributed by atoms with Crippen molar-refractivity contribution >= 4 is 0 Å². The van der Waals surface area contributed by atoms with Crippen molar-refractivity contribution in [2.75, 3.05) is 32.9 Å². The van der Waals surface area contributed by atoms with Gasteiger partial charge in [0.1, 0.15) is 0 Å². The average molecular weight is 296 g/mol. The van der Waals surface area contributed by atoms with Crippen LogP contribution < -0.4 is 5.32 Å². The highest BCUT2D eigenvalue weighted by molar-refractivity contribution is 5.05. The minimum atomic E-state index is 0.0947. The fourth-order valence-electron chi connectivity index (χ4n) is 5.15. The lowest BCUT2D eigenvalue weighted by Crippen LogP contribution is -2.62. The predicted octanol–water partition coefficient (Wildman–Crippen LogP) is 1.63. The first-order chi connectivity index (χ1) is 9.75. The Morgan fingerprint density at radius 3 is 2.43 bits per heavy atom. The highest BCUT2D eigenvalue weighted by Gasteiger charge is 2.51. The van der Waals surface area contributed by atoms with E-state index >= 15 is 0 Å². The van der Waals surface area contributed by atoms with Crippen LogP contribution in [0.3, 0.4) is 0 Å². The van der Waals surface area contributed by atoms with Gasteiger partial charge in [0.15, 0.2) is 0 Å². The molecule has 4 heteroatoms. The molecule has 0 radical (unpaired) electrons. The second-order valence-electron chi connectivity index (χ2n) is 8.93. The van der Waals surface area contributed by atoms with E-state index < -0.39 is 0 Å². The molecule has 0 bridgehead atoms. The highest BCUT2D eigenvalue weighted by Crippen LogP contribution is 2.44. The van der Waals surface area contributed by atoms with Crippen LogP contribution in [0.25, 0.3) is 0 Å². The lowest BCUT2D eigenvalue weighted by Gasteiger charge is -2.49. The number of aliphatic hydroxyl groups is 1. The number of ether oxygens (including phenoxy) is 1. The van der Waals surface area contributed by atoms with Crippen molar-refractivity contribution in [1.29, 1.82) is 0 Å². The molecule has 3 aliphatic heterocycles. The molecule has 2 atom stereocenters. The molecule has 0 aromatic heterocycles. The average Bonchev–Trinajstić information content (AvgIpc) is 2.75. The summed E-state index contributed by atoms with van der Waals surface area (Å²) in [5.74, 6) is 0.511. The summed E-state index contributed by atoms with van der Waals surface area (Å²) in [7, 11) is 0. The van der Waals surface area contributed by atoms with Gasteiger partial charge in [-0.2, -0.15) is 0 Å². The number of rotatable bonds is 2.